The zero-order valence-corrected chi connectivity index (χ0v) is 17.1. The van der Waals surface area contributed by atoms with Gasteiger partial charge in [-0.2, -0.15) is 0 Å². The molecule has 1 N–H and O–H groups in total. The Kier molecular flexibility index (Phi) is 4.90. The van der Waals surface area contributed by atoms with E-state index in [2.05, 4.69) is 26.2 Å². The van der Waals surface area contributed by atoms with Crippen LogP contribution >= 0.6 is 23.2 Å². The fourth-order valence-electron chi connectivity index (χ4n) is 4.26. The van der Waals surface area contributed by atoms with Crippen LogP contribution in [-0.4, -0.2) is 14.8 Å². The predicted octanol–water partition coefficient (Wildman–Crippen LogP) is 5.67. The molecular weight excluding hydrogens is 410 g/mol. The first kappa shape index (κ1) is 18.8. The molecule has 0 radical (unpaired) electrons. The minimum atomic E-state index is -0.377. The van der Waals surface area contributed by atoms with Gasteiger partial charge in [0.1, 0.15) is 11.6 Å². The summed E-state index contributed by atoms with van der Waals surface area (Å²) in [5.74, 6) is 1.74. The Labute approximate surface area is 178 Å². The summed E-state index contributed by atoms with van der Waals surface area (Å²) in [6.07, 6.45) is 4.71. The highest BCUT2D eigenvalue weighted by Crippen LogP contribution is 2.39. The standard InChI is InChI=1S/C22H19Cl2FN4/c23-16-8-9-19-15(10-16)11-26-12-20-27-28-22(29(19)20)14-6-4-13(5-7-14)17-2-1-3-18(25)21(17)24/h1-4,8-10,14,26H,5-7,11-12H2. The van der Waals surface area contributed by atoms with E-state index in [0.717, 1.165) is 64.9 Å². The lowest BCUT2D eigenvalue weighted by atomic mass is 9.86. The Bertz CT molecular complexity index is 1120. The van der Waals surface area contributed by atoms with Crippen molar-refractivity contribution in [3.63, 3.8) is 0 Å². The summed E-state index contributed by atoms with van der Waals surface area (Å²) in [5.41, 5.74) is 4.10. The number of nitrogens with one attached hydrogen (secondary N) is 1. The predicted molar refractivity (Wildman–Crippen MR) is 113 cm³/mol. The molecule has 3 aromatic rings. The number of aromatic nitrogens is 3. The van der Waals surface area contributed by atoms with Crippen molar-refractivity contribution in [2.75, 3.05) is 0 Å². The molecule has 2 aliphatic rings. The maximum atomic E-state index is 13.8. The van der Waals surface area contributed by atoms with Gasteiger partial charge in [0.25, 0.3) is 0 Å². The zero-order chi connectivity index (χ0) is 20.0. The summed E-state index contributed by atoms with van der Waals surface area (Å²) in [7, 11) is 0. The number of nitrogens with zero attached hydrogens (tertiary/aromatic N) is 3. The first-order valence-corrected chi connectivity index (χ1v) is 10.4. The molecule has 1 aliphatic carbocycles. The minimum absolute atomic E-state index is 0.199. The van der Waals surface area contributed by atoms with Crippen LogP contribution in [0.15, 0.2) is 42.5 Å². The van der Waals surface area contributed by atoms with E-state index in [-0.39, 0.29) is 16.8 Å². The van der Waals surface area contributed by atoms with Crippen molar-refractivity contribution in [2.45, 2.75) is 38.3 Å². The second-order valence-electron chi connectivity index (χ2n) is 7.49. The van der Waals surface area contributed by atoms with Crippen molar-refractivity contribution < 1.29 is 4.39 Å². The molecule has 0 spiro atoms. The smallest absolute Gasteiger partial charge is 0.151 e. The normalized spacial score (nSPS) is 18.6. The quantitative estimate of drug-likeness (QED) is 0.571. The third-order valence-electron chi connectivity index (χ3n) is 5.71. The highest BCUT2D eigenvalue weighted by Gasteiger charge is 2.27. The van der Waals surface area contributed by atoms with E-state index in [0.29, 0.717) is 6.54 Å². The van der Waals surface area contributed by atoms with E-state index in [4.69, 9.17) is 23.2 Å². The van der Waals surface area contributed by atoms with Gasteiger partial charge in [-0.1, -0.05) is 41.4 Å². The van der Waals surface area contributed by atoms with Crippen LogP contribution in [0.2, 0.25) is 10.0 Å². The van der Waals surface area contributed by atoms with Crippen molar-refractivity contribution in [3.8, 4) is 5.69 Å². The fraction of sp³-hybridized carbons (Fsp3) is 0.273. The highest BCUT2D eigenvalue weighted by molar-refractivity contribution is 6.32. The molecule has 1 aliphatic heterocycles. The van der Waals surface area contributed by atoms with Crippen LogP contribution in [0.25, 0.3) is 11.3 Å². The Balaban J connectivity index is 1.49. The van der Waals surface area contributed by atoms with E-state index in [9.17, 15) is 4.39 Å². The van der Waals surface area contributed by atoms with Crippen molar-refractivity contribution >= 4 is 28.8 Å². The van der Waals surface area contributed by atoms with Crippen LogP contribution in [-0.2, 0) is 13.1 Å². The molecular formula is C22H19Cl2FN4. The van der Waals surface area contributed by atoms with Gasteiger partial charge in [-0.05, 0) is 60.2 Å². The van der Waals surface area contributed by atoms with Gasteiger partial charge in [-0.25, -0.2) is 4.39 Å². The maximum Gasteiger partial charge on any atom is 0.151 e. The fourth-order valence-corrected chi connectivity index (χ4v) is 4.70. The first-order valence-electron chi connectivity index (χ1n) is 9.69. The molecule has 0 saturated carbocycles. The molecule has 1 unspecified atom stereocenters. The molecule has 4 nitrogen and oxygen atoms in total. The Morgan fingerprint density at radius 1 is 1.10 bits per heavy atom. The largest absolute Gasteiger partial charge is 0.306 e. The molecule has 7 heteroatoms. The third kappa shape index (κ3) is 3.37. The average molecular weight is 429 g/mol. The highest BCUT2D eigenvalue weighted by atomic mass is 35.5. The molecule has 0 amide bonds. The van der Waals surface area contributed by atoms with Crippen LogP contribution in [0.5, 0.6) is 0 Å². The lowest BCUT2D eigenvalue weighted by Crippen LogP contribution is -2.13. The lowest BCUT2D eigenvalue weighted by molar-refractivity contribution is 0.576. The van der Waals surface area contributed by atoms with E-state index < -0.39 is 0 Å². The van der Waals surface area contributed by atoms with E-state index in [1.807, 2.05) is 24.3 Å². The Morgan fingerprint density at radius 2 is 2.00 bits per heavy atom. The van der Waals surface area contributed by atoms with Crippen molar-refractivity contribution in [1.82, 2.24) is 20.1 Å². The summed E-state index contributed by atoms with van der Waals surface area (Å²) in [5, 5.41) is 13.3. The third-order valence-corrected chi connectivity index (χ3v) is 6.33. The number of halogens is 3. The minimum Gasteiger partial charge on any atom is -0.306 e. The number of hydrogen-bond donors (Lipinski definition) is 1. The summed E-state index contributed by atoms with van der Waals surface area (Å²) >= 11 is 12.4. The molecule has 0 fully saturated rings. The number of hydrogen-bond acceptors (Lipinski definition) is 3. The van der Waals surface area contributed by atoms with Gasteiger partial charge in [-0.15, -0.1) is 10.2 Å². The molecule has 1 aromatic heterocycles. The van der Waals surface area contributed by atoms with Gasteiger partial charge in [-0.3, -0.25) is 4.57 Å². The van der Waals surface area contributed by atoms with E-state index in [1.54, 1.807) is 6.07 Å². The van der Waals surface area contributed by atoms with Gasteiger partial charge >= 0.3 is 0 Å². The second kappa shape index (κ2) is 7.56. The topological polar surface area (TPSA) is 42.7 Å². The summed E-state index contributed by atoms with van der Waals surface area (Å²) < 4.78 is 16.0. The number of allylic oxidation sites excluding steroid dienone is 2. The van der Waals surface area contributed by atoms with Gasteiger partial charge in [0.2, 0.25) is 0 Å². The lowest BCUT2D eigenvalue weighted by Gasteiger charge is -2.23. The van der Waals surface area contributed by atoms with Crippen LogP contribution in [0, 0.1) is 5.82 Å². The van der Waals surface area contributed by atoms with Crippen LogP contribution in [0.4, 0.5) is 4.39 Å². The SMILES string of the molecule is Fc1cccc(C2=CCC(c3nnc4n3-c3ccc(Cl)cc3CNC4)CC2)c1Cl. The van der Waals surface area contributed by atoms with Crippen molar-refractivity contribution in [2.24, 2.45) is 0 Å². The van der Waals surface area contributed by atoms with Gasteiger partial charge in [0, 0.05) is 17.5 Å². The second-order valence-corrected chi connectivity index (χ2v) is 8.30. The van der Waals surface area contributed by atoms with Crippen molar-refractivity contribution in [3.05, 3.63) is 81.1 Å². The Hall–Kier alpha value is -2.21. The number of rotatable bonds is 2. The summed E-state index contributed by atoms with van der Waals surface area (Å²) in [6, 6.07) is 10.9. The van der Waals surface area contributed by atoms with Crippen LogP contribution in [0.1, 0.15) is 48.0 Å². The average Bonchev–Trinajstić information content (AvgIpc) is 3.06. The molecule has 2 aromatic carbocycles. The summed E-state index contributed by atoms with van der Waals surface area (Å²) in [6.45, 7) is 1.40. The molecule has 1 atom stereocenters. The van der Waals surface area contributed by atoms with Crippen LogP contribution < -0.4 is 5.32 Å². The van der Waals surface area contributed by atoms with E-state index >= 15 is 0 Å². The van der Waals surface area contributed by atoms with Crippen LogP contribution in [0.3, 0.4) is 0 Å². The van der Waals surface area contributed by atoms with Gasteiger partial charge in [0.15, 0.2) is 5.82 Å². The molecule has 29 heavy (non-hydrogen) atoms. The molecule has 0 saturated heterocycles. The Morgan fingerprint density at radius 3 is 2.83 bits per heavy atom. The molecule has 0 bridgehead atoms. The molecule has 2 heterocycles. The molecule has 148 valence electrons. The monoisotopic (exact) mass is 428 g/mol. The zero-order valence-electron chi connectivity index (χ0n) is 15.6. The van der Waals surface area contributed by atoms with Crippen molar-refractivity contribution in [1.29, 1.82) is 0 Å². The summed E-state index contributed by atoms with van der Waals surface area (Å²) in [4.78, 5) is 0. The van der Waals surface area contributed by atoms with Gasteiger partial charge < -0.3 is 5.32 Å². The number of benzene rings is 2. The van der Waals surface area contributed by atoms with Gasteiger partial charge in [0.05, 0.1) is 17.3 Å². The van der Waals surface area contributed by atoms with E-state index in [1.165, 1.54) is 6.07 Å². The first-order chi connectivity index (χ1) is 14.1. The molecule has 5 rings (SSSR count). The maximum absolute atomic E-state index is 13.8. The number of fused-ring (bicyclic) bond motifs is 3.